The van der Waals surface area contributed by atoms with Gasteiger partial charge in [0.2, 0.25) is 5.91 Å². The van der Waals surface area contributed by atoms with Gasteiger partial charge in [-0.2, -0.15) is 0 Å². The van der Waals surface area contributed by atoms with Crippen molar-refractivity contribution in [2.24, 2.45) is 0 Å². The van der Waals surface area contributed by atoms with Crippen molar-refractivity contribution in [2.45, 2.75) is 12.6 Å². The van der Waals surface area contributed by atoms with E-state index in [1.165, 1.54) is 0 Å². The SMILES string of the molecule is O=C(Nc1cccc(OCc2cccnc2)c1)C1COCCN1. The summed E-state index contributed by atoms with van der Waals surface area (Å²) in [5.41, 5.74) is 1.69. The Morgan fingerprint density at radius 3 is 3.13 bits per heavy atom. The number of carbonyl (C=O) groups is 1. The highest BCUT2D eigenvalue weighted by atomic mass is 16.5. The number of nitrogens with one attached hydrogen (secondary N) is 2. The average molecular weight is 313 g/mol. The normalized spacial score (nSPS) is 17.5. The van der Waals surface area contributed by atoms with Gasteiger partial charge in [-0.15, -0.1) is 0 Å². The summed E-state index contributed by atoms with van der Waals surface area (Å²) in [6.07, 6.45) is 3.49. The molecule has 0 bridgehead atoms. The highest BCUT2D eigenvalue weighted by molar-refractivity contribution is 5.95. The summed E-state index contributed by atoms with van der Waals surface area (Å²) in [4.78, 5) is 16.2. The van der Waals surface area contributed by atoms with Crippen LogP contribution in [0.15, 0.2) is 48.8 Å². The average Bonchev–Trinajstić information content (AvgIpc) is 2.62. The Kier molecular flexibility index (Phi) is 5.18. The van der Waals surface area contributed by atoms with Gasteiger partial charge in [-0.3, -0.25) is 9.78 Å². The molecule has 1 saturated heterocycles. The molecule has 0 aliphatic carbocycles. The summed E-state index contributed by atoms with van der Waals surface area (Å²) in [6, 6.07) is 10.8. The second-order valence-corrected chi connectivity index (χ2v) is 5.25. The molecule has 0 saturated carbocycles. The van der Waals surface area contributed by atoms with E-state index in [0.717, 1.165) is 5.56 Å². The topological polar surface area (TPSA) is 72.5 Å². The third-order valence-corrected chi connectivity index (χ3v) is 3.47. The Hall–Kier alpha value is -2.44. The quantitative estimate of drug-likeness (QED) is 0.877. The van der Waals surface area contributed by atoms with Crippen LogP contribution in [0.25, 0.3) is 0 Å². The molecule has 6 heteroatoms. The van der Waals surface area contributed by atoms with Crippen LogP contribution in [-0.2, 0) is 16.1 Å². The number of ether oxygens (including phenoxy) is 2. The molecular weight excluding hydrogens is 294 g/mol. The van der Waals surface area contributed by atoms with Crippen molar-refractivity contribution in [3.8, 4) is 5.75 Å². The van der Waals surface area contributed by atoms with Gasteiger partial charge < -0.3 is 20.1 Å². The van der Waals surface area contributed by atoms with Crippen LogP contribution in [0.1, 0.15) is 5.56 Å². The van der Waals surface area contributed by atoms with Crippen molar-refractivity contribution in [3.05, 3.63) is 54.4 Å². The van der Waals surface area contributed by atoms with Crippen LogP contribution in [0.3, 0.4) is 0 Å². The van der Waals surface area contributed by atoms with E-state index >= 15 is 0 Å². The molecule has 23 heavy (non-hydrogen) atoms. The third-order valence-electron chi connectivity index (χ3n) is 3.47. The molecule has 2 aromatic rings. The lowest BCUT2D eigenvalue weighted by Gasteiger charge is -2.23. The number of hydrogen-bond donors (Lipinski definition) is 2. The Bertz CT molecular complexity index is 643. The van der Waals surface area contributed by atoms with Crippen LogP contribution in [0.2, 0.25) is 0 Å². The van der Waals surface area contributed by atoms with Gasteiger partial charge in [-0.25, -0.2) is 0 Å². The maximum absolute atomic E-state index is 12.2. The second kappa shape index (κ2) is 7.71. The Balaban J connectivity index is 1.57. The minimum Gasteiger partial charge on any atom is -0.489 e. The number of carbonyl (C=O) groups excluding carboxylic acids is 1. The first-order valence-electron chi connectivity index (χ1n) is 7.55. The number of morpholine rings is 1. The molecule has 0 radical (unpaired) electrons. The molecule has 1 aliphatic rings. The minimum absolute atomic E-state index is 0.103. The lowest BCUT2D eigenvalue weighted by Crippen LogP contribution is -2.48. The fraction of sp³-hybridized carbons (Fsp3) is 0.294. The first kappa shape index (κ1) is 15.5. The molecule has 1 atom stereocenters. The fourth-order valence-electron chi connectivity index (χ4n) is 2.28. The van der Waals surface area contributed by atoms with Crippen molar-refractivity contribution in [3.63, 3.8) is 0 Å². The van der Waals surface area contributed by atoms with Gasteiger partial charge in [0.1, 0.15) is 18.4 Å². The van der Waals surface area contributed by atoms with E-state index in [4.69, 9.17) is 9.47 Å². The van der Waals surface area contributed by atoms with Crippen molar-refractivity contribution >= 4 is 11.6 Å². The maximum Gasteiger partial charge on any atom is 0.243 e. The van der Waals surface area contributed by atoms with Crippen LogP contribution in [0.4, 0.5) is 5.69 Å². The summed E-state index contributed by atoms with van der Waals surface area (Å²) < 4.78 is 11.0. The van der Waals surface area contributed by atoms with E-state index in [9.17, 15) is 4.79 Å². The van der Waals surface area contributed by atoms with E-state index in [0.29, 0.717) is 37.8 Å². The van der Waals surface area contributed by atoms with Crippen LogP contribution in [0.5, 0.6) is 5.75 Å². The zero-order valence-electron chi connectivity index (χ0n) is 12.7. The van der Waals surface area contributed by atoms with E-state index in [2.05, 4.69) is 15.6 Å². The van der Waals surface area contributed by atoms with Crippen LogP contribution in [0, 0.1) is 0 Å². The Labute approximate surface area is 134 Å². The number of nitrogens with zero attached hydrogens (tertiary/aromatic N) is 1. The largest absolute Gasteiger partial charge is 0.489 e. The lowest BCUT2D eigenvalue weighted by atomic mass is 10.2. The van der Waals surface area contributed by atoms with Crippen LogP contribution >= 0.6 is 0 Å². The molecule has 2 N–H and O–H groups in total. The van der Waals surface area contributed by atoms with Gasteiger partial charge in [-0.1, -0.05) is 12.1 Å². The summed E-state index contributed by atoms with van der Waals surface area (Å²) in [6.45, 7) is 2.15. The molecule has 0 spiro atoms. The first-order valence-corrected chi connectivity index (χ1v) is 7.55. The highest BCUT2D eigenvalue weighted by Gasteiger charge is 2.21. The summed E-state index contributed by atoms with van der Waals surface area (Å²) in [5.74, 6) is 0.591. The van der Waals surface area contributed by atoms with E-state index in [-0.39, 0.29) is 11.9 Å². The zero-order valence-corrected chi connectivity index (χ0v) is 12.7. The molecule has 2 heterocycles. The van der Waals surface area contributed by atoms with Crippen molar-refractivity contribution in [1.82, 2.24) is 10.3 Å². The molecular formula is C17H19N3O3. The number of aromatic nitrogens is 1. The van der Waals surface area contributed by atoms with E-state index < -0.39 is 0 Å². The van der Waals surface area contributed by atoms with Crippen molar-refractivity contribution in [2.75, 3.05) is 25.1 Å². The van der Waals surface area contributed by atoms with Crippen LogP contribution in [-0.4, -0.2) is 36.7 Å². The van der Waals surface area contributed by atoms with Gasteiger partial charge in [0.15, 0.2) is 0 Å². The third kappa shape index (κ3) is 4.51. The molecule has 1 amide bonds. The molecule has 120 valence electrons. The number of hydrogen-bond acceptors (Lipinski definition) is 5. The lowest BCUT2D eigenvalue weighted by molar-refractivity contribution is -0.120. The minimum atomic E-state index is -0.316. The number of rotatable bonds is 5. The van der Waals surface area contributed by atoms with Gasteiger partial charge in [0.05, 0.1) is 13.2 Å². The smallest absolute Gasteiger partial charge is 0.243 e. The number of amides is 1. The number of anilines is 1. The summed E-state index contributed by atoms with van der Waals surface area (Å²) in [7, 11) is 0. The number of pyridine rings is 1. The molecule has 1 aromatic carbocycles. The van der Waals surface area contributed by atoms with Crippen molar-refractivity contribution in [1.29, 1.82) is 0 Å². The van der Waals surface area contributed by atoms with E-state index in [1.807, 2.05) is 30.3 Å². The molecule has 1 aromatic heterocycles. The van der Waals surface area contributed by atoms with Crippen molar-refractivity contribution < 1.29 is 14.3 Å². The van der Waals surface area contributed by atoms with Gasteiger partial charge in [-0.05, 0) is 18.2 Å². The molecule has 3 rings (SSSR count). The maximum atomic E-state index is 12.2. The number of benzene rings is 1. The van der Waals surface area contributed by atoms with Gasteiger partial charge in [0.25, 0.3) is 0 Å². The van der Waals surface area contributed by atoms with E-state index in [1.54, 1.807) is 18.5 Å². The Morgan fingerprint density at radius 1 is 1.39 bits per heavy atom. The summed E-state index contributed by atoms with van der Waals surface area (Å²) in [5, 5.41) is 6.00. The Morgan fingerprint density at radius 2 is 2.35 bits per heavy atom. The van der Waals surface area contributed by atoms with Gasteiger partial charge in [0, 0.05) is 36.3 Å². The molecule has 1 aliphatic heterocycles. The zero-order chi connectivity index (χ0) is 15.9. The fourth-order valence-corrected chi connectivity index (χ4v) is 2.28. The predicted molar refractivity (Wildman–Crippen MR) is 86.3 cm³/mol. The molecule has 1 unspecified atom stereocenters. The van der Waals surface area contributed by atoms with Crippen LogP contribution < -0.4 is 15.4 Å². The van der Waals surface area contributed by atoms with Gasteiger partial charge >= 0.3 is 0 Å². The first-order chi connectivity index (χ1) is 11.3. The molecule has 6 nitrogen and oxygen atoms in total. The summed E-state index contributed by atoms with van der Waals surface area (Å²) >= 11 is 0. The second-order valence-electron chi connectivity index (χ2n) is 5.25. The standard InChI is InChI=1S/C17H19N3O3/c21-17(16-12-22-8-7-19-16)20-14-4-1-5-15(9-14)23-11-13-3-2-6-18-10-13/h1-6,9-10,16,19H,7-8,11-12H2,(H,20,21). The monoisotopic (exact) mass is 313 g/mol. The molecule has 1 fully saturated rings. The predicted octanol–water partition coefficient (Wildman–Crippen LogP) is 1.59. The highest BCUT2D eigenvalue weighted by Crippen LogP contribution is 2.18.